The lowest BCUT2D eigenvalue weighted by Gasteiger charge is -2.08. The zero-order valence-electron chi connectivity index (χ0n) is 9.24. The van der Waals surface area contributed by atoms with Crippen molar-refractivity contribution in [2.45, 2.75) is 12.8 Å². The van der Waals surface area contributed by atoms with Crippen LogP contribution in [0, 0.1) is 0 Å². The van der Waals surface area contributed by atoms with E-state index < -0.39 is 0 Å². The molecular formula is C14H16OP+. The van der Waals surface area contributed by atoms with Crippen molar-refractivity contribution in [2.75, 3.05) is 12.3 Å². The van der Waals surface area contributed by atoms with Gasteiger partial charge in [0.05, 0.1) is 17.6 Å². The second kappa shape index (κ2) is 4.07. The van der Waals surface area contributed by atoms with Gasteiger partial charge in [0.25, 0.3) is 0 Å². The number of rotatable bonds is 1. The quantitative estimate of drug-likeness (QED) is 0.747. The Bertz CT molecular complexity index is 515. The van der Waals surface area contributed by atoms with Crippen LogP contribution in [-0.4, -0.2) is 17.4 Å². The molecule has 82 valence electrons. The van der Waals surface area contributed by atoms with Crippen LogP contribution >= 0.6 is 7.92 Å². The van der Waals surface area contributed by atoms with Crippen LogP contribution in [0.1, 0.15) is 12.8 Å². The van der Waals surface area contributed by atoms with E-state index in [9.17, 15) is 5.11 Å². The Labute approximate surface area is 96.9 Å². The highest BCUT2D eigenvalue weighted by molar-refractivity contribution is 7.66. The number of benzene rings is 2. The minimum atomic E-state index is -0.342. The summed E-state index contributed by atoms with van der Waals surface area (Å²) in [6, 6.07) is 12.3. The Kier molecular flexibility index (Phi) is 2.57. The van der Waals surface area contributed by atoms with Gasteiger partial charge in [-0.3, -0.25) is 0 Å². The van der Waals surface area contributed by atoms with Crippen LogP contribution in [-0.2, 0) is 0 Å². The van der Waals surface area contributed by atoms with Crippen LogP contribution < -0.4 is 5.30 Å². The highest BCUT2D eigenvalue weighted by Crippen LogP contribution is 2.44. The normalized spacial score (nSPS) is 17.0. The highest BCUT2D eigenvalue weighted by Gasteiger charge is 2.26. The zero-order valence-corrected chi connectivity index (χ0v) is 10.2. The van der Waals surface area contributed by atoms with Gasteiger partial charge in [-0.05, 0) is 25.0 Å². The monoisotopic (exact) mass is 231 g/mol. The number of aromatic hydroxyl groups is 1. The van der Waals surface area contributed by atoms with E-state index in [1.165, 1.54) is 35.9 Å². The molecule has 0 radical (unpaired) electrons. The topological polar surface area (TPSA) is 20.2 Å². The van der Waals surface area contributed by atoms with E-state index in [0.717, 1.165) is 5.39 Å². The summed E-state index contributed by atoms with van der Waals surface area (Å²) < 4.78 is 0. The van der Waals surface area contributed by atoms with Gasteiger partial charge in [0.1, 0.15) is 5.75 Å². The van der Waals surface area contributed by atoms with E-state index in [1.807, 2.05) is 18.2 Å². The van der Waals surface area contributed by atoms with Gasteiger partial charge in [-0.15, -0.1) is 0 Å². The summed E-state index contributed by atoms with van der Waals surface area (Å²) in [5.41, 5.74) is 0. The fraction of sp³-hybridized carbons (Fsp3) is 0.286. The summed E-state index contributed by atoms with van der Waals surface area (Å²) in [4.78, 5) is 0. The van der Waals surface area contributed by atoms with Crippen molar-refractivity contribution in [2.24, 2.45) is 0 Å². The molecule has 1 N–H and O–H groups in total. The minimum absolute atomic E-state index is 0.342. The maximum absolute atomic E-state index is 9.85. The van der Waals surface area contributed by atoms with Gasteiger partial charge in [-0.1, -0.05) is 24.3 Å². The smallest absolute Gasteiger partial charge is 0.123 e. The summed E-state index contributed by atoms with van der Waals surface area (Å²) in [5.74, 6) is 0.417. The van der Waals surface area contributed by atoms with Crippen LogP contribution in [0.25, 0.3) is 10.8 Å². The van der Waals surface area contributed by atoms with Crippen molar-refractivity contribution >= 4 is 24.0 Å². The Morgan fingerprint density at radius 1 is 0.875 bits per heavy atom. The average Bonchev–Trinajstić information content (AvgIpc) is 2.83. The Balaban J connectivity index is 2.21. The number of phenols is 1. The fourth-order valence-corrected chi connectivity index (χ4v) is 5.72. The van der Waals surface area contributed by atoms with Gasteiger partial charge in [0.15, 0.2) is 0 Å². The minimum Gasteiger partial charge on any atom is -0.507 e. The molecule has 0 saturated carbocycles. The number of fused-ring (bicyclic) bond motifs is 1. The molecule has 0 amide bonds. The highest BCUT2D eigenvalue weighted by atomic mass is 31.1. The van der Waals surface area contributed by atoms with E-state index in [4.69, 9.17) is 0 Å². The van der Waals surface area contributed by atoms with Gasteiger partial charge in [-0.25, -0.2) is 0 Å². The molecule has 0 spiro atoms. The fourth-order valence-electron chi connectivity index (χ4n) is 2.66. The van der Waals surface area contributed by atoms with E-state index in [2.05, 4.69) is 18.2 Å². The summed E-state index contributed by atoms with van der Waals surface area (Å²) >= 11 is 0. The predicted octanol–water partition coefficient (Wildman–Crippen LogP) is 3.18. The molecule has 1 saturated heterocycles. The van der Waals surface area contributed by atoms with E-state index in [1.54, 1.807) is 0 Å². The first-order valence-corrected chi connectivity index (χ1v) is 7.83. The molecule has 0 aromatic heterocycles. The standard InChI is InChI=1S/C14H15OP/c15-13-7-8-14(16-9-3-4-10-16)12-6-2-1-5-11(12)13/h1-2,5-8,15H,3-4,9-10H2/p+1. The van der Waals surface area contributed by atoms with Crippen molar-refractivity contribution < 1.29 is 5.11 Å². The second-order valence-electron chi connectivity index (χ2n) is 4.49. The molecule has 0 bridgehead atoms. The third kappa shape index (κ3) is 1.60. The average molecular weight is 231 g/mol. The number of hydrogen-bond donors (Lipinski definition) is 1. The van der Waals surface area contributed by atoms with Crippen molar-refractivity contribution in [1.82, 2.24) is 0 Å². The largest absolute Gasteiger partial charge is 0.507 e. The molecule has 2 aromatic rings. The summed E-state index contributed by atoms with van der Waals surface area (Å²) in [6.07, 6.45) is 5.59. The first kappa shape index (κ1) is 10.1. The van der Waals surface area contributed by atoms with Crippen molar-refractivity contribution in [1.29, 1.82) is 0 Å². The molecule has 1 aliphatic rings. The van der Waals surface area contributed by atoms with Crippen molar-refractivity contribution in [3.63, 3.8) is 0 Å². The molecule has 1 nitrogen and oxygen atoms in total. The molecular weight excluding hydrogens is 215 g/mol. The summed E-state index contributed by atoms with van der Waals surface area (Å²) in [7, 11) is -0.342. The number of phenolic OH excluding ortho intramolecular Hbond substituents is 1. The van der Waals surface area contributed by atoms with Crippen molar-refractivity contribution in [3.05, 3.63) is 36.4 Å². The molecule has 2 heteroatoms. The molecule has 1 fully saturated rings. The van der Waals surface area contributed by atoms with Crippen LogP contribution in [0.2, 0.25) is 0 Å². The molecule has 3 rings (SSSR count). The van der Waals surface area contributed by atoms with E-state index >= 15 is 0 Å². The van der Waals surface area contributed by atoms with Gasteiger partial charge >= 0.3 is 0 Å². The molecule has 0 aliphatic carbocycles. The first-order valence-electron chi connectivity index (χ1n) is 5.92. The predicted molar refractivity (Wildman–Crippen MR) is 72.5 cm³/mol. The van der Waals surface area contributed by atoms with Crippen molar-refractivity contribution in [3.8, 4) is 5.75 Å². The molecule has 0 atom stereocenters. The molecule has 1 heterocycles. The van der Waals surface area contributed by atoms with E-state index in [-0.39, 0.29) is 7.92 Å². The van der Waals surface area contributed by atoms with Crippen LogP contribution in [0.4, 0.5) is 0 Å². The Morgan fingerprint density at radius 2 is 1.56 bits per heavy atom. The van der Waals surface area contributed by atoms with Crippen LogP contribution in [0.5, 0.6) is 5.75 Å². The van der Waals surface area contributed by atoms with E-state index in [0.29, 0.717) is 5.75 Å². The van der Waals surface area contributed by atoms with Gasteiger partial charge in [-0.2, -0.15) is 0 Å². The van der Waals surface area contributed by atoms with Crippen LogP contribution in [0.3, 0.4) is 0 Å². The molecule has 16 heavy (non-hydrogen) atoms. The zero-order chi connectivity index (χ0) is 11.0. The first-order chi connectivity index (χ1) is 7.86. The summed E-state index contributed by atoms with van der Waals surface area (Å²) in [5, 5.41) is 13.7. The second-order valence-corrected chi connectivity index (χ2v) is 7.23. The molecule has 1 aliphatic heterocycles. The molecule has 2 aromatic carbocycles. The SMILES string of the molecule is Oc1ccc([PH+]2CCCC2)c2ccccc12. The lowest BCUT2D eigenvalue weighted by molar-refractivity contribution is 0.482. The van der Waals surface area contributed by atoms with Gasteiger partial charge < -0.3 is 5.11 Å². The maximum Gasteiger partial charge on any atom is 0.123 e. The van der Waals surface area contributed by atoms with Gasteiger partial charge in [0.2, 0.25) is 0 Å². The lowest BCUT2D eigenvalue weighted by atomic mass is 10.1. The van der Waals surface area contributed by atoms with Crippen LogP contribution in [0.15, 0.2) is 36.4 Å². The lowest BCUT2D eigenvalue weighted by Crippen LogP contribution is -2.03. The maximum atomic E-state index is 9.85. The van der Waals surface area contributed by atoms with Gasteiger partial charge in [0, 0.05) is 18.7 Å². The Hall–Kier alpha value is -1.07. The number of hydrogen-bond acceptors (Lipinski definition) is 1. The third-order valence-corrected chi connectivity index (χ3v) is 6.60. The molecule has 0 unspecified atom stereocenters. The summed E-state index contributed by atoms with van der Waals surface area (Å²) in [6.45, 7) is 0. The Morgan fingerprint density at radius 3 is 2.31 bits per heavy atom. The third-order valence-electron chi connectivity index (χ3n) is 3.49.